The molecule has 34 heavy (non-hydrogen) atoms. The van der Waals surface area contributed by atoms with Gasteiger partial charge in [-0.3, -0.25) is 4.79 Å². The van der Waals surface area contributed by atoms with Crippen LogP contribution in [0.15, 0.2) is 54.0 Å². The molecule has 0 saturated carbocycles. The molecular weight excluding hydrogens is 461 g/mol. The number of pyridine rings is 1. The number of nitriles is 1. The van der Waals surface area contributed by atoms with Gasteiger partial charge in [-0.15, -0.1) is 0 Å². The van der Waals surface area contributed by atoms with Crippen LogP contribution in [0.1, 0.15) is 23.9 Å². The van der Waals surface area contributed by atoms with Gasteiger partial charge in [0.1, 0.15) is 41.4 Å². The average Bonchev–Trinajstić information content (AvgIpc) is 3.55. The van der Waals surface area contributed by atoms with Crippen LogP contribution in [-0.2, 0) is 0 Å². The molecule has 168 valence electrons. The third kappa shape index (κ3) is 2.96. The van der Waals surface area contributed by atoms with Gasteiger partial charge in [0, 0.05) is 25.0 Å². The Labute approximate surface area is 195 Å². The van der Waals surface area contributed by atoms with E-state index in [1.54, 1.807) is 41.6 Å². The molecule has 6 rings (SSSR count). The van der Waals surface area contributed by atoms with E-state index >= 15 is 0 Å². The van der Waals surface area contributed by atoms with Crippen LogP contribution in [0.25, 0.3) is 22.4 Å². The number of rotatable bonds is 3. The van der Waals surface area contributed by atoms with Crippen molar-refractivity contribution in [1.82, 2.24) is 34.1 Å². The Kier molecular flexibility index (Phi) is 4.56. The minimum absolute atomic E-state index is 0.00931. The van der Waals surface area contributed by atoms with Crippen LogP contribution in [0, 0.1) is 11.3 Å². The largest absolute Gasteiger partial charge is 0.345 e. The van der Waals surface area contributed by atoms with Gasteiger partial charge in [-0.2, -0.15) is 10.4 Å². The van der Waals surface area contributed by atoms with Crippen LogP contribution in [-0.4, -0.2) is 46.8 Å². The van der Waals surface area contributed by atoms with E-state index in [0.717, 1.165) is 0 Å². The monoisotopic (exact) mass is 475 g/mol. The van der Waals surface area contributed by atoms with E-state index in [0.29, 0.717) is 28.2 Å². The second kappa shape index (κ2) is 7.64. The maximum atomic E-state index is 14.9. The average molecular weight is 476 g/mol. The van der Waals surface area contributed by atoms with Crippen molar-refractivity contribution in [3.8, 4) is 11.9 Å². The first kappa shape index (κ1) is 20.3. The Hall–Kier alpha value is -4.30. The summed E-state index contributed by atoms with van der Waals surface area (Å²) < 4.78 is 17.7. The van der Waals surface area contributed by atoms with Crippen LogP contribution in [0.5, 0.6) is 0 Å². The Bertz CT molecular complexity index is 1650. The summed E-state index contributed by atoms with van der Waals surface area (Å²) in [5.41, 5.74) is 0.576. The molecule has 1 aliphatic heterocycles. The molecule has 1 aliphatic rings. The lowest BCUT2D eigenvalue weighted by molar-refractivity contribution is 0.354. The summed E-state index contributed by atoms with van der Waals surface area (Å²) in [7, 11) is 0. The number of anilines is 1. The highest BCUT2D eigenvalue weighted by Gasteiger charge is 2.39. The maximum absolute atomic E-state index is 14.9. The molecule has 0 aromatic carbocycles. The molecule has 10 nitrogen and oxygen atoms in total. The highest BCUT2D eigenvalue weighted by atomic mass is 35.5. The van der Waals surface area contributed by atoms with Crippen molar-refractivity contribution in [2.75, 3.05) is 11.4 Å². The number of aromatic amines is 1. The fourth-order valence-electron chi connectivity index (χ4n) is 4.49. The number of alkyl halides is 1. The standard InChI is InChI=1S/C22H15ClFN9O/c23-14-4-6-32-18(14)22(34)33(16-3-1-2-5-26-16)20(30-32)15-7-13(24)10-31(15)21-17-12(8-25)9-27-19(17)28-11-29-21/h1-6,9,11,13,15H,7,10H2,(H,27,28,29)/t13-,15-/m0/s1. The molecule has 0 spiro atoms. The molecule has 5 aromatic rings. The highest BCUT2D eigenvalue weighted by molar-refractivity contribution is 6.33. The molecule has 6 heterocycles. The lowest BCUT2D eigenvalue weighted by Gasteiger charge is -2.27. The molecule has 0 bridgehead atoms. The minimum Gasteiger partial charge on any atom is -0.345 e. The molecule has 1 N–H and O–H groups in total. The van der Waals surface area contributed by atoms with Gasteiger partial charge in [-0.05, 0) is 18.2 Å². The van der Waals surface area contributed by atoms with Crippen LogP contribution in [0.4, 0.5) is 10.2 Å². The van der Waals surface area contributed by atoms with Crippen molar-refractivity contribution in [3.63, 3.8) is 0 Å². The molecule has 0 radical (unpaired) electrons. The first-order chi connectivity index (χ1) is 16.6. The highest BCUT2D eigenvalue weighted by Crippen LogP contribution is 2.39. The molecular formula is C22H15ClFN9O. The smallest absolute Gasteiger partial charge is 0.285 e. The van der Waals surface area contributed by atoms with Crippen LogP contribution in [0.2, 0.25) is 5.02 Å². The number of fused-ring (bicyclic) bond motifs is 2. The second-order valence-electron chi connectivity index (χ2n) is 7.88. The Morgan fingerprint density at radius 3 is 2.91 bits per heavy atom. The molecule has 0 aliphatic carbocycles. The predicted octanol–water partition coefficient (Wildman–Crippen LogP) is 2.97. The van der Waals surface area contributed by atoms with Gasteiger partial charge < -0.3 is 9.88 Å². The SMILES string of the molecule is N#Cc1c[nH]c2ncnc(N3C[C@@H](F)C[C@H]3c3nn4ccc(Cl)c4c(=O)n3-c3ccccn3)c12. The van der Waals surface area contributed by atoms with E-state index < -0.39 is 17.8 Å². The van der Waals surface area contributed by atoms with Crippen molar-refractivity contribution >= 4 is 34.0 Å². The predicted molar refractivity (Wildman–Crippen MR) is 122 cm³/mol. The minimum atomic E-state index is -1.21. The number of hydrogen-bond donors (Lipinski definition) is 1. The zero-order valence-corrected chi connectivity index (χ0v) is 18.2. The quantitative estimate of drug-likeness (QED) is 0.425. The molecule has 12 heteroatoms. The summed E-state index contributed by atoms with van der Waals surface area (Å²) in [5, 5.41) is 15.0. The summed E-state index contributed by atoms with van der Waals surface area (Å²) >= 11 is 6.27. The molecule has 0 unspecified atom stereocenters. The van der Waals surface area contributed by atoms with E-state index in [9.17, 15) is 14.4 Å². The zero-order chi connectivity index (χ0) is 23.4. The molecule has 5 aromatic heterocycles. The molecule has 1 fully saturated rings. The topological polar surface area (TPSA) is 121 Å². The fourth-order valence-corrected chi connectivity index (χ4v) is 4.71. The van der Waals surface area contributed by atoms with Crippen molar-refractivity contribution in [3.05, 3.63) is 75.9 Å². The van der Waals surface area contributed by atoms with Gasteiger partial charge in [-0.25, -0.2) is 28.4 Å². The summed E-state index contributed by atoms with van der Waals surface area (Å²) in [5.74, 6) is 1.01. The van der Waals surface area contributed by atoms with Gasteiger partial charge in [-0.1, -0.05) is 17.7 Å². The van der Waals surface area contributed by atoms with Crippen LogP contribution >= 0.6 is 11.6 Å². The first-order valence-corrected chi connectivity index (χ1v) is 10.8. The normalized spacial score (nSPS) is 18.1. The first-order valence-electron chi connectivity index (χ1n) is 10.4. The van der Waals surface area contributed by atoms with Gasteiger partial charge in [0.15, 0.2) is 5.82 Å². The van der Waals surface area contributed by atoms with E-state index in [4.69, 9.17) is 11.6 Å². The number of hydrogen-bond acceptors (Lipinski definition) is 7. The molecule has 0 amide bonds. The van der Waals surface area contributed by atoms with Crippen LogP contribution < -0.4 is 10.5 Å². The number of aromatic nitrogens is 7. The van der Waals surface area contributed by atoms with Gasteiger partial charge in [0.2, 0.25) is 0 Å². The second-order valence-corrected chi connectivity index (χ2v) is 8.29. The third-order valence-electron chi connectivity index (χ3n) is 5.93. The number of H-pyrrole nitrogens is 1. The van der Waals surface area contributed by atoms with E-state index in [-0.39, 0.29) is 29.3 Å². The fraction of sp³-hybridized carbons (Fsp3) is 0.182. The Morgan fingerprint density at radius 1 is 1.24 bits per heavy atom. The Morgan fingerprint density at radius 2 is 2.12 bits per heavy atom. The van der Waals surface area contributed by atoms with Gasteiger partial charge in [0.05, 0.1) is 28.6 Å². The van der Waals surface area contributed by atoms with E-state index in [1.165, 1.54) is 21.6 Å². The van der Waals surface area contributed by atoms with Crippen molar-refractivity contribution in [2.24, 2.45) is 0 Å². The number of halogens is 2. The Balaban J connectivity index is 1.62. The molecule has 2 atom stereocenters. The number of nitrogens with one attached hydrogen (secondary N) is 1. The summed E-state index contributed by atoms with van der Waals surface area (Å²) in [6.07, 6.45) is 4.89. The number of nitrogens with zero attached hydrogens (tertiary/aromatic N) is 8. The maximum Gasteiger partial charge on any atom is 0.285 e. The lowest BCUT2D eigenvalue weighted by Crippen LogP contribution is -2.33. The van der Waals surface area contributed by atoms with Gasteiger partial charge in [0.25, 0.3) is 5.56 Å². The third-order valence-corrected chi connectivity index (χ3v) is 6.24. The molecule has 1 saturated heterocycles. The van der Waals surface area contributed by atoms with Crippen molar-refractivity contribution in [2.45, 2.75) is 18.6 Å². The summed E-state index contributed by atoms with van der Waals surface area (Å²) in [6.45, 7) is 0.00931. The van der Waals surface area contributed by atoms with Crippen molar-refractivity contribution in [1.29, 1.82) is 5.26 Å². The lowest BCUT2D eigenvalue weighted by atomic mass is 10.1. The van der Waals surface area contributed by atoms with Crippen molar-refractivity contribution < 1.29 is 4.39 Å². The zero-order valence-electron chi connectivity index (χ0n) is 17.4. The van der Waals surface area contributed by atoms with Crippen LogP contribution in [0.3, 0.4) is 0 Å². The van der Waals surface area contributed by atoms with E-state index in [2.05, 4.69) is 31.1 Å². The summed E-state index contributed by atoms with van der Waals surface area (Å²) in [4.78, 5) is 31.2. The summed E-state index contributed by atoms with van der Waals surface area (Å²) in [6, 6.07) is 8.19. The van der Waals surface area contributed by atoms with Gasteiger partial charge >= 0.3 is 0 Å². The van der Waals surface area contributed by atoms with E-state index in [1.807, 2.05) is 0 Å².